The SMILES string of the molecule is CN1CCC(NC(=O)[C@@]23CCCC[C@H]2CNC3)CC1.Cl.Cl. The zero-order valence-electron chi connectivity index (χ0n) is 12.9. The second kappa shape index (κ2) is 8.00. The third kappa shape index (κ3) is 3.84. The van der Waals surface area contributed by atoms with Gasteiger partial charge >= 0.3 is 0 Å². The van der Waals surface area contributed by atoms with E-state index in [4.69, 9.17) is 0 Å². The normalized spacial score (nSPS) is 33.5. The fourth-order valence-electron chi connectivity index (χ4n) is 4.17. The van der Waals surface area contributed by atoms with E-state index in [9.17, 15) is 4.79 Å². The molecular formula is C15H29Cl2N3O. The minimum atomic E-state index is -0.0817. The van der Waals surface area contributed by atoms with Gasteiger partial charge < -0.3 is 15.5 Å². The molecule has 0 aromatic rings. The number of nitrogens with zero attached hydrogens (tertiary/aromatic N) is 1. The van der Waals surface area contributed by atoms with Crippen molar-refractivity contribution in [2.45, 2.75) is 44.6 Å². The predicted octanol–water partition coefficient (Wildman–Crippen LogP) is 1.82. The number of carbonyl (C=O) groups is 1. The minimum Gasteiger partial charge on any atom is -0.353 e. The van der Waals surface area contributed by atoms with Gasteiger partial charge in [-0.05, 0) is 58.3 Å². The summed E-state index contributed by atoms with van der Waals surface area (Å²) in [6, 6.07) is 0.404. The number of carbonyl (C=O) groups excluding carboxylic acids is 1. The Labute approximate surface area is 140 Å². The van der Waals surface area contributed by atoms with Crippen LogP contribution in [0.5, 0.6) is 0 Å². The molecule has 6 heteroatoms. The van der Waals surface area contributed by atoms with Crippen LogP contribution in [0.25, 0.3) is 0 Å². The van der Waals surface area contributed by atoms with Gasteiger partial charge in [-0.1, -0.05) is 12.8 Å². The monoisotopic (exact) mass is 337 g/mol. The maximum Gasteiger partial charge on any atom is 0.228 e. The number of piperidine rings is 1. The van der Waals surface area contributed by atoms with Gasteiger partial charge in [-0.25, -0.2) is 0 Å². The van der Waals surface area contributed by atoms with Crippen LogP contribution in [0.4, 0.5) is 0 Å². The van der Waals surface area contributed by atoms with Gasteiger partial charge in [-0.15, -0.1) is 24.8 Å². The highest BCUT2D eigenvalue weighted by Crippen LogP contribution is 2.44. The van der Waals surface area contributed by atoms with Crippen molar-refractivity contribution in [1.82, 2.24) is 15.5 Å². The van der Waals surface area contributed by atoms with E-state index >= 15 is 0 Å². The van der Waals surface area contributed by atoms with Gasteiger partial charge in [-0.2, -0.15) is 0 Å². The first-order chi connectivity index (χ1) is 9.21. The summed E-state index contributed by atoms with van der Waals surface area (Å²) < 4.78 is 0. The summed E-state index contributed by atoms with van der Waals surface area (Å²) in [5.41, 5.74) is -0.0817. The fraction of sp³-hybridized carbons (Fsp3) is 0.933. The van der Waals surface area contributed by atoms with Crippen molar-refractivity contribution in [3.05, 3.63) is 0 Å². The Morgan fingerprint density at radius 3 is 2.62 bits per heavy atom. The highest BCUT2D eigenvalue weighted by molar-refractivity contribution is 5.85. The summed E-state index contributed by atoms with van der Waals surface area (Å²) in [7, 11) is 2.16. The number of amides is 1. The van der Waals surface area contributed by atoms with Crippen LogP contribution in [-0.4, -0.2) is 50.1 Å². The maximum absolute atomic E-state index is 12.8. The Hall–Kier alpha value is -0.0300. The molecule has 0 spiro atoms. The van der Waals surface area contributed by atoms with Gasteiger partial charge in [0.2, 0.25) is 5.91 Å². The molecule has 3 fully saturated rings. The Morgan fingerprint density at radius 1 is 1.19 bits per heavy atom. The number of hydrogen-bond acceptors (Lipinski definition) is 3. The van der Waals surface area contributed by atoms with Gasteiger partial charge in [0, 0.05) is 12.6 Å². The van der Waals surface area contributed by atoms with Crippen LogP contribution >= 0.6 is 24.8 Å². The molecule has 3 rings (SSSR count). The number of nitrogens with one attached hydrogen (secondary N) is 2. The van der Waals surface area contributed by atoms with E-state index in [1.165, 1.54) is 19.3 Å². The average Bonchev–Trinajstić information content (AvgIpc) is 2.86. The fourth-order valence-corrected chi connectivity index (χ4v) is 4.17. The van der Waals surface area contributed by atoms with Crippen LogP contribution in [0.3, 0.4) is 0 Å². The van der Waals surface area contributed by atoms with Crippen molar-refractivity contribution < 1.29 is 4.79 Å². The molecule has 2 atom stereocenters. The van der Waals surface area contributed by atoms with E-state index in [0.29, 0.717) is 17.9 Å². The summed E-state index contributed by atoms with van der Waals surface area (Å²) in [5.74, 6) is 0.921. The van der Waals surface area contributed by atoms with Crippen LogP contribution in [0, 0.1) is 11.3 Å². The molecule has 0 aromatic heterocycles. The molecule has 2 saturated heterocycles. The van der Waals surface area contributed by atoms with Crippen LogP contribution in [-0.2, 0) is 4.79 Å². The van der Waals surface area contributed by atoms with E-state index in [0.717, 1.165) is 45.4 Å². The van der Waals surface area contributed by atoms with Gasteiger partial charge in [0.05, 0.1) is 5.41 Å². The molecule has 1 amide bonds. The summed E-state index contributed by atoms with van der Waals surface area (Å²) >= 11 is 0. The molecule has 2 aliphatic heterocycles. The summed E-state index contributed by atoms with van der Waals surface area (Å²) in [4.78, 5) is 15.1. The number of fused-ring (bicyclic) bond motifs is 1. The summed E-state index contributed by atoms with van der Waals surface area (Å²) in [6.07, 6.45) is 7.05. The molecule has 0 aromatic carbocycles. The molecule has 2 N–H and O–H groups in total. The van der Waals surface area contributed by atoms with Gasteiger partial charge in [-0.3, -0.25) is 4.79 Å². The Balaban J connectivity index is 0.00000110. The van der Waals surface area contributed by atoms with E-state index in [2.05, 4.69) is 22.6 Å². The molecule has 3 aliphatic rings. The summed E-state index contributed by atoms with van der Waals surface area (Å²) in [6.45, 7) is 4.16. The van der Waals surface area contributed by atoms with Crippen molar-refractivity contribution in [2.24, 2.45) is 11.3 Å². The standard InChI is InChI=1S/C15H27N3O.2ClH/c1-18-8-5-13(6-9-18)17-14(19)15-7-3-2-4-12(15)10-16-11-15;;/h12-13,16H,2-11H2,1H3,(H,17,19);2*1H/t12-,15+;;/m0../s1. The molecule has 2 heterocycles. The van der Waals surface area contributed by atoms with Crippen molar-refractivity contribution in [1.29, 1.82) is 0 Å². The van der Waals surface area contributed by atoms with Gasteiger partial charge in [0.25, 0.3) is 0 Å². The third-order valence-corrected chi connectivity index (χ3v) is 5.54. The molecule has 0 radical (unpaired) electrons. The largest absolute Gasteiger partial charge is 0.353 e. The Kier molecular flexibility index (Phi) is 7.25. The highest BCUT2D eigenvalue weighted by atomic mass is 35.5. The first-order valence-electron chi connectivity index (χ1n) is 7.91. The zero-order chi connectivity index (χ0) is 13.3. The third-order valence-electron chi connectivity index (χ3n) is 5.54. The molecule has 0 unspecified atom stereocenters. The van der Waals surface area contributed by atoms with Crippen molar-refractivity contribution in [2.75, 3.05) is 33.2 Å². The Morgan fingerprint density at radius 2 is 1.90 bits per heavy atom. The van der Waals surface area contributed by atoms with Gasteiger partial charge in [0.15, 0.2) is 0 Å². The minimum absolute atomic E-state index is 0. The lowest BCUT2D eigenvalue weighted by Crippen LogP contribution is -2.52. The molecule has 124 valence electrons. The average molecular weight is 338 g/mol. The van der Waals surface area contributed by atoms with Crippen molar-refractivity contribution >= 4 is 30.7 Å². The van der Waals surface area contributed by atoms with E-state index in [1.54, 1.807) is 0 Å². The molecule has 4 nitrogen and oxygen atoms in total. The van der Waals surface area contributed by atoms with Crippen LogP contribution in [0.15, 0.2) is 0 Å². The zero-order valence-corrected chi connectivity index (χ0v) is 14.5. The highest BCUT2D eigenvalue weighted by Gasteiger charge is 2.50. The van der Waals surface area contributed by atoms with Crippen LogP contribution < -0.4 is 10.6 Å². The first-order valence-corrected chi connectivity index (χ1v) is 7.91. The van der Waals surface area contributed by atoms with E-state index in [-0.39, 0.29) is 30.2 Å². The van der Waals surface area contributed by atoms with Crippen molar-refractivity contribution in [3.8, 4) is 0 Å². The van der Waals surface area contributed by atoms with E-state index in [1.807, 2.05) is 0 Å². The second-order valence-electron chi connectivity index (χ2n) is 6.78. The smallest absolute Gasteiger partial charge is 0.228 e. The van der Waals surface area contributed by atoms with Gasteiger partial charge in [0.1, 0.15) is 0 Å². The lowest BCUT2D eigenvalue weighted by atomic mass is 9.67. The lowest BCUT2D eigenvalue weighted by Gasteiger charge is -2.39. The maximum atomic E-state index is 12.8. The molecule has 0 bridgehead atoms. The topological polar surface area (TPSA) is 44.4 Å². The summed E-state index contributed by atoms with van der Waals surface area (Å²) in [5, 5.41) is 6.83. The molecule has 21 heavy (non-hydrogen) atoms. The van der Waals surface area contributed by atoms with Crippen LogP contribution in [0.2, 0.25) is 0 Å². The molecular weight excluding hydrogens is 309 g/mol. The lowest BCUT2D eigenvalue weighted by molar-refractivity contribution is -0.135. The van der Waals surface area contributed by atoms with Crippen molar-refractivity contribution in [3.63, 3.8) is 0 Å². The Bertz CT molecular complexity index is 348. The molecule has 1 saturated carbocycles. The van der Waals surface area contributed by atoms with E-state index < -0.39 is 0 Å². The number of likely N-dealkylation sites (tertiary alicyclic amines) is 1. The predicted molar refractivity (Wildman–Crippen MR) is 90.4 cm³/mol. The van der Waals surface area contributed by atoms with Crippen LogP contribution in [0.1, 0.15) is 38.5 Å². The number of rotatable bonds is 2. The second-order valence-corrected chi connectivity index (χ2v) is 6.78. The number of halogens is 2. The number of hydrogen-bond donors (Lipinski definition) is 2. The first kappa shape index (κ1) is 19.0. The quantitative estimate of drug-likeness (QED) is 0.807. The molecule has 1 aliphatic carbocycles.